The summed E-state index contributed by atoms with van der Waals surface area (Å²) in [4.78, 5) is 28.1. The molecule has 3 rings (SSSR count). The van der Waals surface area contributed by atoms with Gasteiger partial charge in [0.2, 0.25) is 5.91 Å². The normalized spacial score (nSPS) is 22.3. The number of carbonyl (C=O) groups excluding carboxylic acids is 2. The van der Waals surface area contributed by atoms with Crippen molar-refractivity contribution in [3.63, 3.8) is 0 Å². The fourth-order valence-corrected chi connectivity index (χ4v) is 3.53. The second-order valence-electron chi connectivity index (χ2n) is 5.86. The van der Waals surface area contributed by atoms with Crippen LogP contribution in [-0.2, 0) is 4.79 Å². The summed E-state index contributed by atoms with van der Waals surface area (Å²) in [5, 5.41) is 0.129. The Kier molecular flexibility index (Phi) is 4.34. The minimum Gasteiger partial charge on any atom is -0.338 e. The molecular weight excluding hydrogens is 307 g/mol. The van der Waals surface area contributed by atoms with E-state index in [1.807, 2.05) is 4.90 Å². The van der Waals surface area contributed by atoms with E-state index in [0.717, 1.165) is 31.9 Å². The third-order valence-electron chi connectivity index (χ3n) is 4.40. The summed E-state index contributed by atoms with van der Waals surface area (Å²) < 4.78 is 13.1. The van der Waals surface area contributed by atoms with Gasteiger partial charge in [0.15, 0.2) is 0 Å². The SMILES string of the molecule is O=C(c1ccc(F)cc1Cl)N1CCC[C@H](N2CCCC2=O)C1. The first kappa shape index (κ1) is 15.3. The van der Waals surface area contributed by atoms with Crippen LogP contribution >= 0.6 is 11.6 Å². The number of benzene rings is 1. The zero-order valence-corrected chi connectivity index (χ0v) is 13.0. The molecule has 0 aromatic heterocycles. The van der Waals surface area contributed by atoms with Gasteiger partial charge in [-0.1, -0.05) is 11.6 Å². The summed E-state index contributed by atoms with van der Waals surface area (Å²) >= 11 is 5.98. The highest BCUT2D eigenvalue weighted by Crippen LogP contribution is 2.24. The summed E-state index contributed by atoms with van der Waals surface area (Å²) in [6, 6.07) is 3.90. The fourth-order valence-electron chi connectivity index (χ4n) is 3.28. The second kappa shape index (κ2) is 6.24. The van der Waals surface area contributed by atoms with Crippen molar-refractivity contribution in [3.8, 4) is 0 Å². The van der Waals surface area contributed by atoms with Crippen LogP contribution in [0.1, 0.15) is 36.0 Å². The highest BCUT2D eigenvalue weighted by atomic mass is 35.5. The van der Waals surface area contributed by atoms with Crippen LogP contribution in [-0.4, -0.2) is 47.3 Å². The number of piperidine rings is 1. The minimum atomic E-state index is -0.458. The summed E-state index contributed by atoms with van der Waals surface area (Å²) in [7, 11) is 0. The van der Waals surface area contributed by atoms with Crippen molar-refractivity contribution in [1.82, 2.24) is 9.80 Å². The van der Waals surface area contributed by atoms with Crippen molar-refractivity contribution in [2.45, 2.75) is 31.7 Å². The molecule has 0 saturated carbocycles. The van der Waals surface area contributed by atoms with Gasteiger partial charge in [0.05, 0.1) is 10.6 Å². The number of hydrogen-bond donors (Lipinski definition) is 0. The lowest BCUT2D eigenvalue weighted by Gasteiger charge is -2.37. The number of likely N-dealkylation sites (tertiary alicyclic amines) is 2. The van der Waals surface area contributed by atoms with Crippen LogP contribution in [0.5, 0.6) is 0 Å². The summed E-state index contributed by atoms with van der Waals surface area (Å²) in [6.45, 7) is 1.95. The molecule has 6 heteroatoms. The maximum absolute atomic E-state index is 13.1. The van der Waals surface area contributed by atoms with Gasteiger partial charge in [-0.2, -0.15) is 0 Å². The Bertz CT molecular complexity index is 608. The summed E-state index contributed by atoms with van der Waals surface area (Å²) in [5.74, 6) is -0.471. The Morgan fingerprint density at radius 1 is 1.27 bits per heavy atom. The zero-order valence-electron chi connectivity index (χ0n) is 12.2. The lowest BCUT2D eigenvalue weighted by Crippen LogP contribution is -2.50. The molecule has 2 saturated heterocycles. The maximum Gasteiger partial charge on any atom is 0.255 e. The number of amides is 2. The van der Waals surface area contributed by atoms with E-state index >= 15 is 0 Å². The highest BCUT2D eigenvalue weighted by molar-refractivity contribution is 6.33. The fraction of sp³-hybridized carbons (Fsp3) is 0.500. The van der Waals surface area contributed by atoms with Crippen molar-refractivity contribution in [2.24, 2.45) is 0 Å². The molecule has 0 bridgehead atoms. The number of nitrogens with zero attached hydrogens (tertiary/aromatic N) is 2. The third kappa shape index (κ3) is 2.95. The summed E-state index contributed by atoms with van der Waals surface area (Å²) in [5.41, 5.74) is 0.316. The lowest BCUT2D eigenvalue weighted by atomic mass is 10.0. The Morgan fingerprint density at radius 3 is 2.77 bits per heavy atom. The van der Waals surface area contributed by atoms with Crippen LogP contribution in [0.25, 0.3) is 0 Å². The molecule has 0 N–H and O–H groups in total. The predicted molar refractivity (Wildman–Crippen MR) is 81.3 cm³/mol. The molecule has 22 heavy (non-hydrogen) atoms. The molecule has 1 aromatic carbocycles. The van der Waals surface area contributed by atoms with Crippen molar-refractivity contribution < 1.29 is 14.0 Å². The molecule has 4 nitrogen and oxygen atoms in total. The Balaban J connectivity index is 1.73. The molecule has 2 aliphatic heterocycles. The van der Waals surface area contributed by atoms with Crippen molar-refractivity contribution >= 4 is 23.4 Å². The average Bonchev–Trinajstić information content (AvgIpc) is 2.93. The van der Waals surface area contributed by atoms with E-state index in [-0.39, 0.29) is 22.9 Å². The van der Waals surface area contributed by atoms with Crippen LogP contribution in [0.15, 0.2) is 18.2 Å². The number of hydrogen-bond acceptors (Lipinski definition) is 2. The average molecular weight is 325 g/mol. The molecule has 0 unspecified atom stereocenters. The van der Waals surface area contributed by atoms with E-state index in [1.165, 1.54) is 12.1 Å². The number of rotatable bonds is 2. The van der Waals surface area contributed by atoms with E-state index < -0.39 is 5.82 Å². The quantitative estimate of drug-likeness (QED) is 0.839. The van der Waals surface area contributed by atoms with Crippen molar-refractivity contribution in [2.75, 3.05) is 19.6 Å². The standard InChI is InChI=1S/C16H18ClFN2O2/c17-14-9-11(18)5-6-13(14)16(22)19-7-1-3-12(10-19)20-8-2-4-15(20)21/h5-6,9,12H,1-4,7-8,10H2/t12-/m0/s1. The van der Waals surface area contributed by atoms with Gasteiger partial charge in [0.1, 0.15) is 5.82 Å². The van der Waals surface area contributed by atoms with Gasteiger partial charge < -0.3 is 9.80 Å². The molecular formula is C16H18ClFN2O2. The van der Waals surface area contributed by atoms with Gasteiger partial charge >= 0.3 is 0 Å². The van der Waals surface area contributed by atoms with E-state index in [2.05, 4.69) is 0 Å². The Hall–Kier alpha value is -1.62. The molecule has 2 aliphatic rings. The second-order valence-corrected chi connectivity index (χ2v) is 6.27. The van der Waals surface area contributed by atoms with Gasteiger partial charge in [-0.05, 0) is 37.5 Å². The largest absolute Gasteiger partial charge is 0.338 e. The first-order chi connectivity index (χ1) is 10.6. The first-order valence-electron chi connectivity index (χ1n) is 7.60. The molecule has 118 valence electrons. The van der Waals surface area contributed by atoms with Crippen LogP contribution in [0, 0.1) is 5.82 Å². The predicted octanol–water partition coefficient (Wildman–Crippen LogP) is 2.71. The van der Waals surface area contributed by atoms with Crippen molar-refractivity contribution in [1.29, 1.82) is 0 Å². The highest BCUT2D eigenvalue weighted by Gasteiger charge is 2.33. The van der Waals surface area contributed by atoms with Gasteiger partial charge in [-0.3, -0.25) is 9.59 Å². The molecule has 2 amide bonds. The van der Waals surface area contributed by atoms with Crippen LogP contribution < -0.4 is 0 Å². The molecule has 2 fully saturated rings. The van der Waals surface area contributed by atoms with Gasteiger partial charge in [-0.15, -0.1) is 0 Å². The zero-order chi connectivity index (χ0) is 15.7. The van der Waals surface area contributed by atoms with E-state index in [0.29, 0.717) is 25.1 Å². The molecule has 1 atom stereocenters. The maximum atomic E-state index is 13.1. The van der Waals surface area contributed by atoms with E-state index in [9.17, 15) is 14.0 Å². The molecule has 0 aliphatic carbocycles. The molecule has 0 spiro atoms. The molecule has 2 heterocycles. The minimum absolute atomic E-state index is 0.0897. The topological polar surface area (TPSA) is 40.6 Å². The monoisotopic (exact) mass is 324 g/mol. The van der Waals surface area contributed by atoms with Gasteiger partial charge in [-0.25, -0.2) is 4.39 Å². The smallest absolute Gasteiger partial charge is 0.255 e. The Labute approximate surface area is 133 Å². The van der Waals surface area contributed by atoms with Crippen LogP contribution in [0.4, 0.5) is 4.39 Å². The first-order valence-corrected chi connectivity index (χ1v) is 7.98. The third-order valence-corrected chi connectivity index (χ3v) is 4.71. The van der Waals surface area contributed by atoms with Crippen molar-refractivity contribution in [3.05, 3.63) is 34.6 Å². The Morgan fingerprint density at radius 2 is 2.09 bits per heavy atom. The van der Waals surface area contributed by atoms with E-state index in [1.54, 1.807) is 4.90 Å². The lowest BCUT2D eigenvalue weighted by molar-refractivity contribution is -0.130. The number of halogens is 2. The van der Waals surface area contributed by atoms with E-state index in [4.69, 9.17) is 11.6 Å². The van der Waals surface area contributed by atoms with Crippen LogP contribution in [0.2, 0.25) is 5.02 Å². The van der Waals surface area contributed by atoms with Gasteiger partial charge in [0.25, 0.3) is 5.91 Å². The summed E-state index contributed by atoms with van der Waals surface area (Å²) in [6.07, 6.45) is 3.28. The molecule has 0 radical (unpaired) electrons. The number of carbonyl (C=O) groups is 2. The van der Waals surface area contributed by atoms with Gasteiger partial charge in [0, 0.05) is 32.1 Å². The van der Waals surface area contributed by atoms with Crippen LogP contribution in [0.3, 0.4) is 0 Å². The molecule has 1 aromatic rings.